The molecule has 2 amide bonds. The molecule has 0 saturated carbocycles. The van der Waals surface area contributed by atoms with Gasteiger partial charge in [-0.15, -0.1) is 0 Å². The number of nitrogens with zero attached hydrogens (tertiary/aromatic N) is 2. The number of rotatable bonds is 3. The summed E-state index contributed by atoms with van der Waals surface area (Å²) < 4.78 is 15.2. The first-order valence-electron chi connectivity index (χ1n) is 7.24. The third-order valence-corrected chi connectivity index (χ3v) is 3.79. The highest BCUT2D eigenvalue weighted by Crippen LogP contribution is 2.39. The van der Waals surface area contributed by atoms with E-state index in [-0.39, 0.29) is 13.0 Å². The van der Waals surface area contributed by atoms with Gasteiger partial charge in [0.25, 0.3) is 18.0 Å². The second-order valence-corrected chi connectivity index (χ2v) is 5.54. The lowest BCUT2D eigenvalue weighted by atomic mass is 10.0. The van der Waals surface area contributed by atoms with E-state index >= 15 is 0 Å². The Kier molecular flexibility index (Phi) is 4.50. The number of hydrogen-bond donors (Lipinski definition) is 0. The Hall–Kier alpha value is -2.65. The second kappa shape index (κ2) is 6.10. The van der Waals surface area contributed by atoms with E-state index in [1.807, 2.05) is 0 Å². The van der Waals surface area contributed by atoms with Crippen molar-refractivity contribution in [3.8, 4) is 0 Å². The molecule has 132 valence electrons. The minimum Gasteiger partial charge on any atom is -0.455 e. The molecule has 10 nitrogen and oxygen atoms in total. The molecule has 0 N–H and O–H groups in total. The number of piperazine rings is 1. The van der Waals surface area contributed by atoms with Crippen molar-refractivity contribution in [2.24, 2.45) is 0 Å². The van der Waals surface area contributed by atoms with Gasteiger partial charge in [0.2, 0.25) is 0 Å². The highest BCUT2D eigenvalue weighted by Gasteiger charge is 2.67. The molecule has 3 atom stereocenters. The fourth-order valence-electron chi connectivity index (χ4n) is 2.98. The number of carbonyl (C=O) groups excluding carboxylic acids is 5. The van der Waals surface area contributed by atoms with E-state index in [4.69, 9.17) is 14.2 Å². The zero-order valence-electron chi connectivity index (χ0n) is 13.7. The monoisotopic (exact) mass is 342 g/mol. The van der Waals surface area contributed by atoms with Gasteiger partial charge in [-0.25, -0.2) is 0 Å². The van der Waals surface area contributed by atoms with Crippen molar-refractivity contribution < 1.29 is 38.2 Å². The van der Waals surface area contributed by atoms with Gasteiger partial charge in [-0.1, -0.05) is 0 Å². The van der Waals surface area contributed by atoms with E-state index in [2.05, 4.69) is 0 Å². The maximum absolute atomic E-state index is 12.9. The third kappa shape index (κ3) is 2.68. The smallest absolute Gasteiger partial charge is 0.305 e. The van der Waals surface area contributed by atoms with Gasteiger partial charge >= 0.3 is 23.6 Å². The summed E-state index contributed by atoms with van der Waals surface area (Å²) in [5.41, 5.74) is -2.08. The van der Waals surface area contributed by atoms with Crippen molar-refractivity contribution in [3.63, 3.8) is 0 Å². The topological polar surface area (TPSA) is 120 Å². The minimum absolute atomic E-state index is 0.00139. The third-order valence-electron chi connectivity index (χ3n) is 3.79. The van der Waals surface area contributed by atoms with Crippen molar-refractivity contribution in [1.82, 2.24) is 9.80 Å². The van der Waals surface area contributed by atoms with E-state index in [1.54, 1.807) is 0 Å². The molecular weight excluding hydrogens is 324 g/mol. The standard InChI is InChI=1S/C14H18N2O8/c1-7(17)22-10-5-6-16-11(20)12(23-8(2)18)15(4)13(21)14(10,16)24-9(3)19/h10,12H,5-6H2,1-4H3/t10-,12+,14-/m0/s1. The fraction of sp³-hybridized carbons (Fsp3) is 0.643. The van der Waals surface area contributed by atoms with E-state index in [0.29, 0.717) is 0 Å². The van der Waals surface area contributed by atoms with Gasteiger partial charge in [0.1, 0.15) is 0 Å². The molecule has 0 aliphatic carbocycles. The SMILES string of the molecule is CC(=O)O[C@@H]1C(=O)N2CC[C@H](OC(C)=O)[C@]2(OC(C)=O)C(=O)N1C. The van der Waals surface area contributed by atoms with Crippen LogP contribution in [0.25, 0.3) is 0 Å². The summed E-state index contributed by atoms with van der Waals surface area (Å²) in [4.78, 5) is 61.4. The number of ether oxygens (including phenoxy) is 3. The average Bonchev–Trinajstić information content (AvgIpc) is 2.79. The Balaban J connectivity index is 2.48. The summed E-state index contributed by atoms with van der Waals surface area (Å²) in [7, 11) is 1.24. The number of esters is 3. The number of fused-ring (bicyclic) bond motifs is 1. The molecule has 2 fully saturated rings. The normalized spacial score (nSPS) is 29.2. The van der Waals surface area contributed by atoms with Crippen LogP contribution >= 0.6 is 0 Å². The van der Waals surface area contributed by atoms with Gasteiger partial charge in [0, 0.05) is 40.8 Å². The minimum atomic E-state index is -2.08. The first kappa shape index (κ1) is 17.7. The Bertz CT molecular complexity index is 618. The summed E-state index contributed by atoms with van der Waals surface area (Å²) in [6, 6.07) is 0. The fourth-order valence-corrected chi connectivity index (χ4v) is 2.98. The van der Waals surface area contributed by atoms with Crippen LogP contribution < -0.4 is 0 Å². The van der Waals surface area contributed by atoms with Crippen LogP contribution in [0.3, 0.4) is 0 Å². The summed E-state index contributed by atoms with van der Waals surface area (Å²) in [6.07, 6.45) is -2.50. The lowest BCUT2D eigenvalue weighted by Gasteiger charge is -2.46. The van der Waals surface area contributed by atoms with E-state index < -0.39 is 47.8 Å². The van der Waals surface area contributed by atoms with Gasteiger partial charge in [0.05, 0.1) is 0 Å². The van der Waals surface area contributed by atoms with Crippen LogP contribution in [0, 0.1) is 0 Å². The van der Waals surface area contributed by atoms with Crippen molar-refractivity contribution in [3.05, 3.63) is 0 Å². The molecule has 0 bridgehead atoms. The molecular formula is C14H18N2O8. The van der Waals surface area contributed by atoms with Crippen LogP contribution in [-0.2, 0) is 38.2 Å². The Morgan fingerprint density at radius 1 is 1.04 bits per heavy atom. The summed E-state index contributed by atoms with van der Waals surface area (Å²) >= 11 is 0. The van der Waals surface area contributed by atoms with Crippen LogP contribution in [0.2, 0.25) is 0 Å². The molecule has 2 rings (SSSR count). The Morgan fingerprint density at radius 2 is 1.62 bits per heavy atom. The molecule has 0 radical (unpaired) electrons. The highest BCUT2D eigenvalue weighted by atomic mass is 16.6. The summed E-state index contributed by atoms with van der Waals surface area (Å²) in [5, 5.41) is 0. The quantitative estimate of drug-likeness (QED) is 0.462. The molecule has 0 spiro atoms. The number of carbonyl (C=O) groups is 5. The van der Waals surface area contributed by atoms with Gasteiger partial charge < -0.3 is 14.2 Å². The van der Waals surface area contributed by atoms with Gasteiger partial charge in [0.15, 0.2) is 6.10 Å². The van der Waals surface area contributed by atoms with Crippen LogP contribution in [0.5, 0.6) is 0 Å². The number of hydrogen-bond acceptors (Lipinski definition) is 8. The lowest BCUT2D eigenvalue weighted by molar-refractivity contribution is -0.233. The van der Waals surface area contributed by atoms with Crippen molar-refractivity contribution >= 4 is 29.7 Å². The van der Waals surface area contributed by atoms with Crippen molar-refractivity contribution in [2.75, 3.05) is 13.6 Å². The lowest BCUT2D eigenvalue weighted by Crippen LogP contribution is -2.73. The summed E-state index contributed by atoms with van der Waals surface area (Å²) in [6.45, 7) is 3.32. The van der Waals surface area contributed by atoms with Crippen LogP contribution in [0.15, 0.2) is 0 Å². The maximum Gasteiger partial charge on any atom is 0.305 e. The predicted octanol–water partition coefficient (Wildman–Crippen LogP) is -1.23. The Labute approximate surface area is 137 Å². The Morgan fingerprint density at radius 3 is 2.12 bits per heavy atom. The first-order valence-corrected chi connectivity index (χ1v) is 7.24. The van der Waals surface area contributed by atoms with Crippen LogP contribution in [-0.4, -0.2) is 71.2 Å². The van der Waals surface area contributed by atoms with Gasteiger partial charge in [-0.05, 0) is 0 Å². The maximum atomic E-state index is 12.9. The average molecular weight is 342 g/mol. The number of amides is 2. The molecule has 2 heterocycles. The molecule has 0 aromatic heterocycles. The van der Waals surface area contributed by atoms with Crippen molar-refractivity contribution in [1.29, 1.82) is 0 Å². The van der Waals surface area contributed by atoms with E-state index in [0.717, 1.165) is 30.6 Å². The van der Waals surface area contributed by atoms with Crippen molar-refractivity contribution in [2.45, 2.75) is 45.2 Å². The van der Waals surface area contributed by atoms with E-state index in [9.17, 15) is 24.0 Å². The summed E-state index contributed by atoms with van der Waals surface area (Å²) in [5.74, 6) is -3.79. The van der Waals surface area contributed by atoms with Gasteiger partial charge in [-0.2, -0.15) is 0 Å². The molecule has 2 saturated heterocycles. The highest BCUT2D eigenvalue weighted by molar-refractivity contribution is 6.01. The molecule has 0 aromatic rings. The largest absolute Gasteiger partial charge is 0.455 e. The molecule has 0 unspecified atom stereocenters. The predicted molar refractivity (Wildman–Crippen MR) is 74.7 cm³/mol. The molecule has 2 aliphatic rings. The molecule has 0 aromatic carbocycles. The van der Waals surface area contributed by atoms with Crippen LogP contribution in [0.4, 0.5) is 0 Å². The van der Waals surface area contributed by atoms with Gasteiger partial charge in [-0.3, -0.25) is 33.8 Å². The molecule has 24 heavy (non-hydrogen) atoms. The molecule has 2 aliphatic heterocycles. The number of likely N-dealkylation sites (N-methyl/N-ethyl adjacent to an activating group) is 1. The zero-order chi connectivity index (χ0) is 18.2. The second-order valence-electron chi connectivity index (χ2n) is 5.54. The van der Waals surface area contributed by atoms with E-state index in [1.165, 1.54) is 7.05 Å². The molecule has 10 heteroatoms. The first-order chi connectivity index (χ1) is 11.1. The van der Waals surface area contributed by atoms with Crippen LogP contribution in [0.1, 0.15) is 27.2 Å². The zero-order valence-corrected chi connectivity index (χ0v) is 13.7.